The number of rotatable bonds is 20. The fourth-order valence-electron chi connectivity index (χ4n) is 3.43. The maximum atomic E-state index is 9.39. The summed E-state index contributed by atoms with van der Waals surface area (Å²) in [5.74, 6) is 0. The predicted molar refractivity (Wildman–Crippen MR) is 110 cm³/mol. The van der Waals surface area contributed by atoms with Crippen molar-refractivity contribution in [1.82, 2.24) is 0 Å². The van der Waals surface area contributed by atoms with E-state index in [4.69, 9.17) is 10.8 Å². The van der Waals surface area contributed by atoms with Gasteiger partial charge >= 0.3 is 0 Å². The molecule has 2 unspecified atom stereocenters. The summed E-state index contributed by atoms with van der Waals surface area (Å²) in [5, 5.41) is 18.2. The van der Waals surface area contributed by atoms with Crippen molar-refractivity contribution >= 4 is 0 Å². The predicted octanol–water partition coefficient (Wildman–Crippen LogP) is 5.71. The Morgan fingerprint density at radius 2 is 0.920 bits per heavy atom. The Hall–Kier alpha value is -0.120. The average molecular weight is 358 g/mol. The first-order chi connectivity index (χ1) is 12.2. The standard InChI is InChI=1S/C22H47NO2/c1-2-3-4-5-6-7-8-9-10-11-12-13-14-15-16-17-18-19-21(23)22(25)20-24/h21-22,24-25H,2-20,23H2,1H3. The van der Waals surface area contributed by atoms with Gasteiger partial charge in [-0.15, -0.1) is 0 Å². The van der Waals surface area contributed by atoms with Crippen molar-refractivity contribution in [2.75, 3.05) is 6.61 Å². The molecule has 3 nitrogen and oxygen atoms in total. The van der Waals surface area contributed by atoms with Crippen LogP contribution in [-0.2, 0) is 0 Å². The second kappa shape index (κ2) is 20.2. The zero-order chi connectivity index (χ0) is 18.6. The van der Waals surface area contributed by atoms with Crippen molar-refractivity contribution in [2.45, 2.75) is 135 Å². The molecular weight excluding hydrogens is 310 g/mol. The van der Waals surface area contributed by atoms with Crippen LogP contribution in [0.25, 0.3) is 0 Å². The quantitative estimate of drug-likeness (QED) is 0.244. The fourth-order valence-corrected chi connectivity index (χ4v) is 3.43. The van der Waals surface area contributed by atoms with Gasteiger partial charge < -0.3 is 15.9 Å². The molecule has 0 heterocycles. The van der Waals surface area contributed by atoms with Crippen LogP contribution >= 0.6 is 0 Å². The van der Waals surface area contributed by atoms with Crippen LogP contribution in [0.3, 0.4) is 0 Å². The Kier molecular flexibility index (Phi) is 20.1. The maximum absolute atomic E-state index is 9.39. The second-order valence-corrected chi connectivity index (χ2v) is 7.86. The summed E-state index contributed by atoms with van der Waals surface area (Å²) in [6, 6.07) is -0.263. The van der Waals surface area contributed by atoms with E-state index in [2.05, 4.69) is 6.92 Å². The highest BCUT2D eigenvalue weighted by molar-refractivity contribution is 4.70. The molecule has 4 N–H and O–H groups in total. The molecule has 0 aromatic heterocycles. The van der Waals surface area contributed by atoms with Crippen molar-refractivity contribution in [3.05, 3.63) is 0 Å². The molecule has 25 heavy (non-hydrogen) atoms. The summed E-state index contributed by atoms with van der Waals surface area (Å²) < 4.78 is 0. The summed E-state index contributed by atoms with van der Waals surface area (Å²) in [6.07, 6.45) is 23.4. The molecule has 0 spiro atoms. The third-order valence-electron chi connectivity index (χ3n) is 5.32. The van der Waals surface area contributed by atoms with E-state index in [1.165, 1.54) is 103 Å². The third-order valence-corrected chi connectivity index (χ3v) is 5.32. The maximum Gasteiger partial charge on any atom is 0.0921 e. The number of aliphatic hydroxyl groups excluding tert-OH is 2. The molecule has 0 aromatic rings. The van der Waals surface area contributed by atoms with Gasteiger partial charge in [0.25, 0.3) is 0 Å². The molecule has 2 atom stereocenters. The van der Waals surface area contributed by atoms with E-state index >= 15 is 0 Å². The minimum Gasteiger partial charge on any atom is -0.394 e. The van der Waals surface area contributed by atoms with Crippen LogP contribution in [-0.4, -0.2) is 29.0 Å². The molecule has 0 fully saturated rings. The van der Waals surface area contributed by atoms with Gasteiger partial charge in [0, 0.05) is 6.04 Å². The molecule has 0 rings (SSSR count). The number of nitrogens with two attached hydrogens (primary N) is 1. The summed E-state index contributed by atoms with van der Waals surface area (Å²) in [6.45, 7) is 2.06. The van der Waals surface area contributed by atoms with Crippen molar-refractivity contribution in [2.24, 2.45) is 5.73 Å². The molecule has 0 radical (unpaired) electrons. The van der Waals surface area contributed by atoms with Crippen LogP contribution in [0.15, 0.2) is 0 Å². The van der Waals surface area contributed by atoms with Gasteiger partial charge in [-0.1, -0.05) is 116 Å². The lowest BCUT2D eigenvalue weighted by molar-refractivity contribution is 0.0711. The van der Waals surface area contributed by atoms with Gasteiger partial charge in [0.1, 0.15) is 0 Å². The first-order valence-corrected chi connectivity index (χ1v) is 11.3. The zero-order valence-electron chi connectivity index (χ0n) is 17.1. The lowest BCUT2D eigenvalue weighted by Crippen LogP contribution is -2.37. The summed E-state index contributed by atoms with van der Waals surface area (Å²) in [7, 11) is 0. The summed E-state index contributed by atoms with van der Waals surface area (Å²) in [4.78, 5) is 0. The number of aliphatic hydroxyl groups is 2. The van der Waals surface area contributed by atoms with Gasteiger partial charge in [0.05, 0.1) is 12.7 Å². The first kappa shape index (κ1) is 24.9. The Morgan fingerprint density at radius 3 is 1.24 bits per heavy atom. The highest BCUT2D eigenvalue weighted by atomic mass is 16.3. The van der Waals surface area contributed by atoms with Crippen molar-refractivity contribution in [3.8, 4) is 0 Å². The SMILES string of the molecule is CCCCCCCCCCCCCCCCCCCC(N)C(O)CO. The third kappa shape index (κ3) is 18.5. The van der Waals surface area contributed by atoms with Gasteiger partial charge in [-0.05, 0) is 6.42 Å². The molecule has 0 aliphatic carbocycles. The minimum absolute atomic E-state index is 0.222. The van der Waals surface area contributed by atoms with E-state index in [0.717, 1.165) is 12.8 Å². The van der Waals surface area contributed by atoms with E-state index in [1.54, 1.807) is 0 Å². The monoisotopic (exact) mass is 357 g/mol. The topological polar surface area (TPSA) is 66.5 Å². The molecule has 0 aliphatic rings. The minimum atomic E-state index is -0.749. The molecule has 0 bridgehead atoms. The van der Waals surface area contributed by atoms with E-state index in [9.17, 15) is 5.11 Å². The highest BCUT2D eigenvalue weighted by Gasteiger charge is 2.12. The molecule has 0 saturated carbocycles. The average Bonchev–Trinajstić information content (AvgIpc) is 2.63. The number of unbranched alkanes of at least 4 members (excludes halogenated alkanes) is 16. The molecular formula is C22H47NO2. The van der Waals surface area contributed by atoms with Gasteiger partial charge in [-0.2, -0.15) is 0 Å². The summed E-state index contributed by atoms with van der Waals surface area (Å²) in [5.41, 5.74) is 5.78. The van der Waals surface area contributed by atoms with Gasteiger partial charge in [0.2, 0.25) is 0 Å². The van der Waals surface area contributed by atoms with Gasteiger partial charge in [-0.3, -0.25) is 0 Å². The van der Waals surface area contributed by atoms with Gasteiger partial charge in [-0.25, -0.2) is 0 Å². The Bertz CT molecular complexity index is 248. The van der Waals surface area contributed by atoms with Crippen molar-refractivity contribution < 1.29 is 10.2 Å². The number of hydrogen-bond acceptors (Lipinski definition) is 3. The van der Waals surface area contributed by atoms with Crippen LogP contribution < -0.4 is 5.73 Å². The van der Waals surface area contributed by atoms with E-state index < -0.39 is 6.10 Å². The molecule has 0 saturated heterocycles. The van der Waals surface area contributed by atoms with E-state index in [-0.39, 0.29) is 12.6 Å². The smallest absolute Gasteiger partial charge is 0.0921 e. The second-order valence-electron chi connectivity index (χ2n) is 7.86. The molecule has 0 aliphatic heterocycles. The van der Waals surface area contributed by atoms with Crippen LogP contribution in [0, 0.1) is 0 Å². The van der Waals surface area contributed by atoms with E-state index in [1.807, 2.05) is 0 Å². The normalized spacial score (nSPS) is 13.9. The fraction of sp³-hybridized carbons (Fsp3) is 1.00. The highest BCUT2D eigenvalue weighted by Crippen LogP contribution is 2.14. The lowest BCUT2D eigenvalue weighted by Gasteiger charge is -2.16. The Morgan fingerprint density at radius 1 is 0.600 bits per heavy atom. The van der Waals surface area contributed by atoms with Crippen LogP contribution in [0.4, 0.5) is 0 Å². The molecule has 0 aromatic carbocycles. The Balaban J connectivity index is 3.07. The zero-order valence-corrected chi connectivity index (χ0v) is 17.1. The molecule has 0 amide bonds. The molecule has 152 valence electrons. The largest absolute Gasteiger partial charge is 0.394 e. The Labute approximate surface area is 157 Å². The van der Waals surface area contributed by atoms with Crippen molar-refractivity contribution in [3.63, 3.8) is 0 Å². The van der Waals surface area contributed by atoms with Crippen LogP contribution in [0.1, 0.15) is 122 Å². The number of hydrogen-bond donors (Lipinski definition) is 3. The molecule has 3 heteroatoms. The summed E-state index contributed by atoms with van der Waals surface area (Å²) >= 11 is 0. The van der Waals surface area contributed by atoms with Crippen molar-refractivity contribution in [1.29, 1.82) is 0 Å². The van der Waals surface area contributed by atoms with E-state index in [0.29, 0.717) is 0 Å². The van der Waals surface area contributed by atoms with Crippen LogP contribution in [0.2, 0.25) is 0 Å². The lowest BCUT2D eigenvalue weighted by atomic mass is 10.0. The van der Waals surface area contributed by atoms with Gasteiger partial charge in [0.15, 0.2) is 0 Å². The first-order valence-electron chi connectivity index (χ1n) is 11.3. The van der Waals surface area contributed by atoms with Crippen LogP contribution in [0.5, 0.6) is 0 Å².